The number of hydrogen-bond donors (Lipinski definition) is 0. The Labute approximate surface area is 130 Å². The summed E-state index contributed by atoms with van der Waals surface area (Å²) in [6.45, 7) is 0.762. The molecule has 0 saturated carbocycles. The molecule has 3 rings (SSSR count). The SMILES string of the molecule is Clc1ccc(C(Cl)c2ccc3c(c2)CCO3)cc1Br. The first-order valence-electron chi connectivity index (χ1n) is 6.00. The van der Waals surface area contributed by atoms with E-state index >= 15 is 0 Å². The molecule has 0 amide bonds. The minimum absolute atomic E-state index is 0.181. The fourth-order valence-electron chi connectivity index (χ4n) is 2.23. The van der Waals surface area contributed by atoms with Crippen molar-refractivity contribution >= 4 is 39.1 Å². The van der Waals surface area contributed by atoms with Crippen molar-refractivity contribution in [3.8, 4) is 5.75 Å². The topological polar surface area (TPSA) is 9.23 Å². The average Bonchev–Trinajstić information content (AvgIpc) is 2.88. The van der Waals surface area contributed by atoms with Gasteiger partial charge < -0.3 is 4.74 Å². The number of fused-ring (bicyclic) bond motifs is 1. The Bertz CT molecular complexity index is 628. The lowest BCUT2D eigenvalue weighted by Gasteiger charge is -2.12. The maximum Gasteiger partial charge on any atom is 0.122 e. The standard InChI is InChI=1S/C15H11BrCl2O/c16-12-8-11(1-3-13(12)17)15(18)10-2-4-14-9(7-10)5-6-19-14/h1-4,7-8,15H,5-6H2. The van der Waals surface area contributed by atoms with Gasteiger partial charge in [-0.1, -0.05) is 29.8 Å². The number of rotatable bonds is 2. The maximum absolute atomic E-state index is 6.55. The van der Waals surface area contributed by atoms with Gasteiger partial charge in [0, 0.05) is 10.9 Å². The van der Waals surface area contributed by atoms with E-state index in [1.54, 1.807) is 0 Å². The molecule has 1 atom stereocenters. The van der Waals surface area contributed by atoms with Crippen molar-refractivity contribution in [2.45, 2.75) is 11.8 Å². The first-order valence-corrected chi connectivity index (χ1v) is 7.60. The molecule has 0 fully saturated rings. The van der Waals surface area contributed by atoms with E-state index in [-0.39, 0.29) is 5.38 Å². The zero-order valence-electron chi connectivity index (χ0n) is 10.00. The van der Waals surface area contributed by atoms with E-state index in [2.05, 4.69) is 22.0 Å². The molecule has 0 spiro atoms. The molecule has 0 aliphatic carbocycles. The summed E-state index contributed by atoms with van der Waals surface area (Å²) < 4.78 is 6.37. The second-order valence-corrected chi connectivity index (χ2v) is 6.20. The molecular weight excluding hydrogens is 347 g/mol. The third kappa shape index (κ3) is 2.62. The smallest absolute Gasteiger partial charge is 0.122 e. The highest BCUT2D eigenvalue weighted by molar-refractivity contribution is 9.10. The van der Waals surface area contributed by atoms with Gasteiger partial charge in [0.05, 0.1) is 17.0 Å². The van der Waals surface area contributed by atoms with Gasteiger partial charge in [0.15, 0.2) is 0 Å². The molecule has 1 nitrogen and oxygen atoms in total. The monoisotopic (exact) mass is 356 g/mol. The number of ether oxygens (including phenoxy) is 1. The second kappa shape index (κ2) is 5.35. The fraction of sp³-hybridized carbons (Fsp3) is 0.200. The van der Waals surface area contributed by atoms with Crippen LogP contribution in [-0.4, -0.2) is 6.61 Å². The van der Waals surface area contributed by atoms with Crippen molar-refractivity contribution in [2.24, 2.45) is 0 Å². The molecule has 4 heteroatoms. The Morgan fingerprint density at radius 2 is 1.84 bits per heavy atom. The van der Waals surface area contributed by atoms with Crippen LogP contribution >= 0.6 is 39.1 Å². The Balaban J connectivity index is 1.94. The first kappa shape index (κ1) is 13.3. The van der Waals surface area contributed by atoms with Gasteiger partial charge in [0.25, 0.3) is 0 Å². The molecule has 0 bridgehead atoms. The van der Waals surface area contributed by atoms with E-state index in [1.807, 2.05) is 30.3 Å². The van der Waals surface area contributed by atoms with Gasteiger partial charge in [-0.2, -0.15) is 0 Å². The summed E-state index contributed by atoms with van der Waals surface area (Å²) >= 11 is 16.0. The number of benzene rings is 2. The van der Waals surface area contributed by atoms with Crippen molar-refractivity contribution in [2.75, 3.05) is 6.61 Å². The van der Waals surface area contributed by atoms with Gasteiger partial charge in [-0.15, -0.1) is 11.6 Å². The predicted molar refractivity (Wildman–Crippen MR) is 82.5 cm³/mol. The summed E-state index contributed by atoms with van der Waals surface area (Å²) in [7, 11) is 0. The molecule has 1 aliphatic rings. The first-order chi connectivity index (χ1) is 9.15. The Kier molecular flexibility index (Phi) is 3.75. The van der Waals surface area contributed by atoms with Crippen LogP contribution in [0.4, 0.5) is 0 Å². The van der Waals surface area contributed by atoms with Crippen molar-refractivity contribution in [1.82, 2.24) is 0 Å². The van der Waals surface area contributed by atoms with E-state index in [1.165, 1.54) is 5.56 Å². The van der Waals surface area contributed by atoms with Crippen LogP contribution < -0.4 is 4.74 Å². The number of alkyl halides is 1. The Hall–Kier alpha value is -0.700. The third-order valence-electron chi connectivity index (χ3n) is 3.24. The highest BCUT2D eigenvalue weighted by Gasteiger charge is 2.17. The highest BCUT2D eigenvalue weighted by atomic mass is 79.9. The van der Waals surface area contributed by atoms with Gasteiger partial charge in [-0.3, -0.25) is 0 Å². The molecule has 1 unspecified atom stereocenters. The summed E-state index contributed by atoms with van der Waals surface area (Å²) in [6, 6.07) is 11.9. The van der Waals surface area contributed by atoms with Crippen LogP contribution in [0.1, 0.15) is 22.1 Å². The van der Waals surface area contributed by atoms with Gasteiger partial charge >= 0.3 is 0 Å². The molecule has 0 radical (unpaired) electrons. The van der Waals surface area contributed by atoms with Crippen molar-refractivity contribution in [1.29, 1.82) is 0 Å². The van der Waals surface area contributed by atoms with Gasteiger partial charge in [-0.25, -0.2) is 0 Å². The van der Waals surface area contributed by atoms with Crippen LogP contribution in [0.5, 0.6) is 5.75 Å². The fourth-order valence-corrected chi connectivity index (χ4v) is 3.01. The lowest BCUT2D eigenvalue weighted by atomic mass is 10.0. The van der Waals surface area contributed by atoms with Crippen LogP contribution in [0.15, 0.2) is 40.9 Å². The molecule has 1 heterocycles. The Morgan fingerprint density at radius 3 is 2.63 bits per heavy atom. The normalized spacial score (nSPS) is 14.9. The molecule has 0 aromatic heterocycles. The van der Waals surface area contributed by atoms with E-state index in [0.29, 0.717) is 5.02 Å². The second-order valence-electron chi connectivity index (χ2n) is 4.50. The predicted octanol–water partition coefficient (Wildman–Crippen LogP) is 5.37. The zero-order valence-corrected chi connectivity index (χ0v) is 13.1. The van der Waals surface area contributed by atoms with Gasteiger partial charge in [0.1, 0.15) is 5.75 Å². The van der Waals surface area contributed by atoms with Crippen molar-refractivity contribution < 1.29 is 4.74 Å². The maximum atomic E-state index is 6.55. The molecule has 0 saturated heterocycles. The quantitative estimate of drug-likeness (QED) is 0.657. The summed E-state index contributed by atoms with van der Waals surface area (Å²) in [5.74, 6) is 0.977. The minimum Gasteiger partial charge on any atom is -0.493 e. The van der Waals surface area contributed by atoms with Crippen LogP contribution in [0, 0.1) is 0 Å². The van der Waals surface area contributed by atoms with Crippen molar-refractivity contribution in [3.63, 3.8) is 0 Å². The van der Waals surface area contributed by atoms with Gasteiger partial charge in [-0.05, 0) is 50.8 Å². The van der Waals surface area contributed by atoms with Crippen LogP contribution in [0.25, 0.3) is 0 Å². The molecule has 2 aromatic carbocycles. The lowest BCUT2D eigenvalue weighted by Crippen LogP contribution is -1.94. The largest absolute Gasteiger partial charge is 0.493 e. The minimum atomic E-state index is -0.181. The molecule has 19 heavy (non-hydrogen) atoms. The summed E-state index contributed by atoms with van der Waals surface area (Å²) in [4.78, 5) is 0. The summed E-state index contributed by atoms with van der Waals surface area (Å²) in [5.41, 5.74) is 3.34. The molecule has 0 N–H and O–H groups in total. The van der Waals surface area contributed by atoms with E-state index < -0.39 is 0 Å². The van der Waals surface area contributed by atoms with E-state index in [4.69, 9.17) is 27.9 Å². The summed E-state index contributed by atoms with van der Waals surface area (Å²) in [5, 5.41) is 0.509. The number of hydrogen-bond acceptors (Lipinski definition) is 1. The van der Waals surface area contributed by atoms with E-state index in [0.717, 1.165) is 34.4 Å². The third-order valence-corrected chi connectivity index (χ3v) is 4.96. The highest BCUT2D eigenvalue weighted by Crippen LogP contribution is 2.36. The van der Waals surface area contributed by atoms with Crippen LogP contribution in [0.3, 0.4) is 0 Å². The molecule has 2 aromatic rings. The average molecular weight is 358 g/mol. The van der Waals surface area contributed by atoms with Crippen LogP contribution in [-0.2, 0) is 6.42 Å². The Morgan fingerprint density at radius 1 is 1.11 bits per heavy atom. The zero-order chi connectivity index (χ0) is 13.4. The van der Waals surface area contributed by atoms with Crippen LogP contribution in [0.2, 0.25) is 5.02 Å². The lowest BCUT2D eigenvalue weighted by molar-refractivity contribution is 0.357. The van der Waals surface area contributed by atoms with Gasteiger partial charge in [0.2, 0.25) is 0 Å². The number of halogens is 3. The van der Waals surface area contributed by atoms with E-state index in [9.17, 15) is 0 Å². The summed E-state index contributed by atoms with van der Waals surface area (Å²) in [6.07, 6.45) is 0.955. The van der Waals surface area contributed by atoms with Crippen molar-refractivity contribution in [3.05, 3.63) is 62.6 Å². The molecule has 98 valence electrons. The molecular formula is C15H11BrCl2O. The molecule has 1 aliphatic heterocycles.